The van der Waals surface area contributed by atoms with Crippen molar-refractivity contribution >= 4 is 10.2 Å². The van der Waals surface area contributed by atoms with Gasteiger partial charge in [0.1, 0.15) is 0 Å². The number of likely N-dealkylation sites (tertiary alicyclic amines) is 1. The van der Waals surface area contributed by atoms with Gasteiger partial charge in [0, 0.05) is 26.2 Å². The van der Waals surface area contributed by atoms with Crippen molar-refractivity contribution in [2.45, 2.75) is 52.2 Å². The minimum absolute atomic E-state index is 0.0499. The van der Waals surface area contributed by atoms with Gasteiger partial charge >= 0.3 is 0 Å². The molecule has 0 radical (unpaired) electrons. The van der Waals surface area contributed by atoms with Crippen molar-refractivity contribution in [2.24, 2.45) is 5.92 Å². The van der Waals surface area contributed by atoms with Crippen molar-refractivity contribution in [3.05, 3.63) is 0 Å². The lowest BCUT2D eigenvalue weighted by Crippen LogP contribution is -2.52. The van der Waals surface area contributed by atoms with E-state index in [-0.39, 0.29) is 12.2 Å². The Labute approximate surface area is 135 Å². The van der Waals surface area contributed by atoms with Crippen LogP contribution in [0.5, 0.6) is 0 Å². The predicted octanol–water partition coefficient (Wildman–Crippen LogP) is 1.05. The molecule has 0 aromatic heterocycles. The van der Waals surface area contributed by atoms with E-state index in [1.54, 1.807) is 0 Å². The lowest BCUT2D eigenvalue weighted by molar-refractivity contribution is -0.0444. The second-order valence-corrected chi connectivity index (χ2v) is 8.65. The SMILES string of the molecule is CC(CNS(=O)(=O)N1CC(C)OC(C)C1)CN1CCCCC1. The zero-order valence-electron chi connectivity index (χ0n) is 14.1. The number of hydrogen-bond acceptors (Lipinski definition) is 4. The predicted molar refractivity (Wildman–Crippen MR) is 88.0 cm³/mol. The van der Waals surface area contributed by atoms with Gasteiger partial charge in [-0.05, 0) is 45.7 Å². The largest absolute Gasteiger partial charge is 0.373 e. The van der Waals surface area contributed by atoms with Gasteiger partial charge in [-0.15, -0.1) is 0 Å². The summed E-state index contributed by atoms with van der Waals surface area (Å²) >= 11 is 0. The topological polar surface area (TPSA) is 61.9 Å². The second-order valence-electron chi connectivity index (χ2n) is 6.89. The summed E-state index contributed by atoms with van der Waals surface area (Å²) in [6, 6.07) is 0. The lowest BCUT2D eigenvalue weighted by Gasteiger charge is -2.35. The molecular formula is C15H31N3O3S. The molecular weight excluding hydrogens is 302 g/mol. The van der Waals surface area contributed by atoms with Gasteiger partial charge in [-0.1, -0.05) is 13.3 Å². The van der Waals surface area contributed by atoms with E-state index in [2.05, 4.69) is 16.5 Å². The first-order valence-electron chi connectivity index (χ1n) is 8.49. The van der Waals surface area contributed by atoms with E-state index in [9.17, 15) is 8.42 Å². The molecule has 2 rings (SSSR count). The standard InChI is InChI=1S/C15H31N3O3S/c1-13(10-17-7-5-4-6-8-17)9-16-22(19,20)18-11-14(2)21-15(3)12-18/h13-16H,4-12H2,1-3H3. The highest BCUT2D eigenvalue weighted by Gasteiger charge is 2.31. The van der Waals surface area contributed by atoms with E-state index in [0.29, 0.717) is 25.6 Å². The molecule has 6 nitrogen and oxygen atoms in total. The Hall–Kier alpha value is -0.210. The Morgan fingerprint density at radius 1 is 1.14 bits per heavy atom. The number of morpholine rings is 1. The van der Waals surface area contributed by atoms with E-state index >= 15 is 0 Å². The quantitative estimate of drug-likeness (QED) is 0.789. The number of hydrogen-bond donors (Lipinski definition) is 1. The third-order valence-electron chi connectivity index (χ3n) is 4.36. The Morgan fingerprint density at radius 2 is 1.73 bits per heavy atom. The summed E-state index contributed by atoms with van der Waals surface area (Å²) in [5.41, 5.74) is 0. The molecule has 0 bridgehead atoms. The van der Waals surface area contributed by atoms with Crippen LogP contribution in [0.25, 0.3) is 0 Å². The van der Waals surface area contributed by atoms with E-state index < -0.39 is 10.2 Å². The maximum absolute atomic E-state index is 12.4. The molecule has 0 aliphatic carbocycles. The Morgan fingerprint density at radius 3 is 2.32 bits per heavy atom. The van der Waals surface area contributed by atoms with E-state index in [1.165, 1.54) is 23.6 Å². The molecule has 22 heavy (non-hydrogen) atoms. The molecule has 2 fully saturated rings. The van der Waals surface area contributed by atoms with Gasteiger partial charge < -0.3 is 9.64 Å². The molecule has 2 aliphatic heterocycles. The van der Waals surface area contributed by atoms with Crippen LogP contribution >= 0.6 is 0 Å². The van der Waals surface area contributed by atoms with Gasteiger partial charge in [0.15, 0.2) is 0 Å². The molecule has 0 saturated carbocycles. The van der Waals surface area contributed by atoms with Gasteiger partial charge in [0.05, 0.1) is 12.2 Å². The van der Waals surface area contributed by atoms with Crippen molar-refractivity contribution < 1.29 is 13.2 Å². The number of nitrogens with zero attached hydrogens (tertiary/aromatic N) is 2. The van der Waals surface area contributed by atoms with Gasteiger partial charge in [0.25, 0.3) is 10.2 Å². The molecule has 0 aromatic carbocycles. The van der Waals surface area contributed by atoms with Gasteiger partial charge in [-0.3, -0.25) is 0 Å². The fourth-order valence-electron chi connectivity index (χ4n) is 3.31. The number of rotatable bonds is 6. The molecule has 2 saturated heterocycles. The van der Waals surface area contributed by atoms with Crippen LogP contribution in [0.15, 0.2) is 0 Å². The van der Waals surface area contributed by atoms with Gasteiger partial charge in [-0.2, -0.15) is 12.7 Å². The molecule has 0 amide bonds. The molecule has 0 spiro atoms. The second kappa shape index (κ2) is 8.06. The minimum atomic E-state index is -3.40. The fourth-order valence-corrected chi connectivity index (χ4v) is 4.80. The zero-order valence-corrected chi connectivity index (χ0v) is 14.9. The monoisotopic (exact) mass is 333 g/mol. The van der Waals surface area contributed by atoms with Crippen molar-refractivity contribution in [2.75, 3.05) is 39.3 Å². The van der Waals surface area contributed by atoms with Crippen LogP contribution < -0.4 is 4.72 Å². The van der Waals surface area contributed by atoms with E-state index in [4.69, 9.17) is 4.74 Å². The molecule has 3 atom stereocenters. The van der Waals surface area contributed by atoms with Crippen LogP contribution in [0.3, 0.4) is 0 Å². The van der Waals surface area contributed by atoms with Gasteiger partial charge in [0.2, 0.25) is 0 Å². The summed E-state index contributed by atoms with van der Waals surface area (Å²) in [4.78, 5) is 2.45. The minimum Gasteiger partial charge on any atom is -0.373 e. The highest BCUT2D eigenvalue weighted by atomic mass is 32.2. The first-order valence-corrected chi connectivity index (χ1v) is 9.93. The normalized spacial score (nSPS) is 30.3. The summed E-state index contributed by atoms with van der Waals surface area (Å²) in [6.45, 7) is 10.6. The Bertz CT molecular complexity index is 427. The molecule has 1 N–H and O–H groups in total. The molecule has 130 valence electrons. The van der Waals surface area contributed by atoms with Crippen LogP contribution in [0.1, 0.15) is 40.0 Å². The summed E-state index contributed by atoms with van der Waals surface area (Å²) in [7, 11) is -3.40. The van der Waals surface area contributed by atoms with E-state index in [0.717, 1.165) is 19.6 Å². The summed E-state index contributed by atoms with van der Waals surface area (Å²) in [5, 5.41) is 0. The van der Waals surface area contributed by atoms with Crippen molar-refractivity contribution in [3.8, 4) is 0 Å². The number of piperidine rings is 1. The molecule has 2 heterocycles. The summed E-state index contributed by atoms with van der Waals surface area (Å²) in [6.07, 6.45) is 3.76. The molecule has 2 aliphatic rings. The number of ether oxygens (including phenoxy) is 1. The fraction of sp³-hybridized carbons (Fsp3) is 1.00. The van der Waals surface area contributed by atoms with Crippen molar-refractivity contribution in [1.82, 2.24) is 13.9 Å². The third-order valence-corrected chi connectivity index (χ3v) is 5.87. The van der Waals surface area contributed by atoms with Crippen LogP contribution in [0.2, 0.25) is 0 Å². The van der Waals surface area contributed by atoms with Crippen LogP contribution in [0.4, 0.5) is 0 Å². The maximum Gasteiger partial charge on any atom is 0.279 e. The Kier molecular flexibility index (Phi) is 6.64. The van der Waals surface area contributed by atoms with Crippen LogP contribution in [-0.4, -0.2) is 69.1 Å². The van der Waals surface area contributed by atoms with Crippen LogP contribution in [-0.2, 0) is 14.9 Å². The third kappa shape index (κ3) is 5.45. The molecule has 0 aromatic rings. The summed E-state index contributed by atoms with van der Waals surface area (Å²) < 4.78 is 34.7. The van der Waals surface area contributed by atoms with E-state index in [1.807, 2.05) is 13.8 Å². The first kappa shape index (κ1) is 18.1. The van der Waals surface area contributed by atoms with Gasteiger partial charge in [-0.25, -0.2) is 4.72 Å². The summed E-state index contributed by atoms with van der Waals surface area (Å²) in [5.74, 6) is 0.323. The average Bonchev–Trinajstić information content (AvgIpc) is 2.45. The maximum atomic E-state index is 12.4. The lowest BCUT2D eigenvalue weighted by atomic mass is 10.1. The molecule has 7 heteroatoms. The molecule has 3 unspecified atom stereocenters. The Balaban J connectivity index is 1.78. The van der Waals surface area contributed by atoms with Crippen molar-refractivity contribution in [3.63, 3.8) is 0 Å². The average molecular weight is 333 g/mol. The smallest absolute Gasteiger partial charge is 0.279 e. The highest BCUT2D eigenvalue weighted by molar-refractivity contribution is 7.87. The number of nitrogens with one attached hydrogen (secondary N) is 1. The van der Waals surface area contributed by atoms with Crippen LogP contribution in [0, 0.1) is 5.92 Å². The first-order chi connectivity index (χ1) is 10.4. The highest BCUT2D eigenvalue weighted by Crippen LogP contribution is 2.14. The zero-order chi connectivity index (χ0) is 16.2. The van der Waals surface area contributed by atoms with Crippen molar-refractivity contribution in [1.29, 1.82) is 0 Å².